The summed E-state index contributed by atoms with van der Waals surface area (Å²) in [6.07, 6.45) is 0. The summed E-state index contributed by atoms with van der Waals surface area (Å²) in [5, 5.41) is 3.44. The molecule has 0 aliphatic rings. The molecule has 0 aliphatic carbocycles. The van der Waals surface area contributed by atoms with E-state index in [0.29, 0.717) is 18.0 Å². The van der Waals surface area contributed by atoms with E-state index in [-0.39, 0.29) is 0 Å². The SMILES string of the molecule is CCNC(C)c1ccc(N(C)C(C)C(C)C)c(Br)c1. The van der Waals surface area contributed by atoms with Gasteiger partial charge in [-0.2, -0.15) is 0 Å². The van der Waals surface area contributed by atoms with Crippen molar-refractivity contribution in [3.8, 4) is 0 Å². The van der Waals surface area contributed by atoms with E-state index in [9.17, 15) is 0 Å². The maximum Gasteiger partial charge on any atom is 0.0510 e. The molecule has 2 atom stereocenters. The second-order valence-electron chi connectivity index (χ2n) is 5.59. The topological polar surface area (TPSA) is 15.3 Å². The molecule has 0 amide bonds. The zero-order chi connectivity index (χ0) is 14.6. The lowest BCUT2D eigenvalue weighted by Crippen LogP contribution is -2.33. The van der Waals surface area contributed by atoms with Gasteiger partial charge in [-0.15, -0.1) is 0 Å². The van der Waals surface area contributed by atoms with E-state index in [0.717, 1.165) is 6.54 Å². The molecule has 108 valence electrons. The highest BCUT2D eigenvalue weighted by Crippen LogP contribution is 2.30. The number of rotatable bonds is 6. The third-order valence-corrected chi connectivity index (χ3v) is 4.57. The second kappa shape index (κ2) is 7.30. The molecule has 2 nitrogen and oxygen atoms in total. The molecule has 0 bridgehead atoms. The Hall–Kier alpha value is -0.540. The van der Waals surface area contributed by atoms with Crippen LogP contribution in [-0.4, -0.2) is 19.6 Å². The minimum atomic E-state index is 0.392. The normalized spacial score (nSPS) is 14.5. The first-order valence-electron chi connectivity index (χ1n) is 7.14. The first-order chi connectivity index (χ1) is 8.88. The molecule has 19 heavy (non-hydrogen) atoms. The summed E-state index contributed by atoms with van der Waals surface area (Å²) in [6, 6.07) is 7.58. The zero-order valence-electron chi connectivity index (χ0n) is 13.0. The van der Waals surface area contributed by atoms with Crippen LogP contribution in [0.5, 0.6) is 0 Å². The van der Waals surface area contributed by atoms with Crippen LogP contribution in [0.4, 0.5) is 5.69 Å². The highest BCUT2D eigenvalue weighted by Gasteiger charge is 2.16. The number of hydrogen-bond acceptors (Lipinski definition) is 2. The number of nitrogens with zero attached hydrogens (tertiary/aromatic N) is 1. The number of anilines is 1. The summed E-state index contributed by atoms with van der Waals surface area (Å²) in [5.41, 5.74) is 2.58. The first kappa shape index (κ1) is 16.5. The van der Waals surface area contributed by atoms with Crippen LogP contribution in [0.1, 0.15) is 46.2 Å². The Bertz CT molecular complexity index is 404. The van der Waals surface area contributed by atoms with Crippen LogP contribution < -0.4 is 10.2 Å². The molecule has 3 heteroatoms. The molecule has 0 radical (unpaired) electrons. The van der Waals surface area contributed by atoms with Crippen molar-refractivity contribution in [3.05, 3.63) is 28.2 Å². The van der Waals surface area contributed by atoms with E-state index in [1.165, 1.54) is 15.7 Å². The molecule has 0 heterocycles. The molecule has 1 aromatic carbocycles. The van der Waals surface area contributed by atoms with Crippen molar-refractivity contribution in [1.82, 2.24) is 5.32 Å². The summed E-state index contributed by atoms with van der Waals surface area (Å²) < 4.78 is 1.17. The number of nitrogens with one attached hydrogen (secondary N) is 1. The number of benzene rings is 1. The Labute approximate surface area is 126 Å². The van der Waals surface area contributed by atoms with Crippen LogP contribution in [0, 0.1) is 5.92 Å². The van der Waals surface area contributed by atoms with Crippen molar-refractivity contribution in [2.45, 2.75) is 46.7 Å². The van der Waals surface area contributed by atoms with E-state index in [1.807, 2.05) is 0 Å². The highest BCUT2D eigenvalue weighted by atomic mass is 79.9. The third kappa shape index (κ3) is 4.22. The summed E-state index contributed by atoms with van der Waals surface area (Å²) in [6.45, 7) is 12.1. The van der Waals surface area contributed by atoms with Gasteiger partial charge in [-0.05, 0) is 59.9 Å². The minimum absolute atomic E-state index is 0.392. The summed E-state index contributed by atoms with van der Waals surface area (Å²) >= 11 is 3.72. The van der Waals surface area contributed by atoms with Gasteiger partial charge in [-0.3, -0.25) is 0 Å². The van der Waals surface area contributed by atoms with Crippen molar-refractivity contribution < 1.29 is 0 Å². The van der Waals surface area contributed by atoms with E-state index in [4.69, 9.17) is 0 Å². The van der Waals surface area contributed by atoms with Crippen molar-refractivity contribution in [1.29, 1.82) is 0 Å². The second-order valence-corrected chi connectivity index (χ2v) is 6.44. The average molecular weight is 327 g/mol. The van der Waals surface area contributed by atoms with Crippen LogP contribution in [0.3, 0.4) is 0 Å². The number of hydrogen-bond donors (Lipinski definition) is 1. The largest absolute Gasteiger partial charge is 0.371 e. The maximum atomic E-state index is 3.72. The van der Waals surface area contributed by atoms with E-state index in [2.05, 4.69) is 86.0 Å². The van der Waals surface area contributed by atoms with E-state index < -0.39 is 0 Å². The monoisotopic (exact) mass is 326 g/mol. The van der Waals surface area contributed by atoms with Gasteiger partial charge in [-0.1, -0.05) is 26.8 Å². The van der Waals surface area contributed by atoms with Crippen molar-refractivity contribution >= 4 is 21.6 Å². The molecule has 0 saturated heterocycles. The van der Waals surface area contributed by atoms with Gasteiger partial charge in [-0.25, -0.2) is 0 Å². The fraction of sp³-hybridized carbons (Fsp3) is 0.625. The van der Waals surface area contributed by atoms with Crippen molar-refractivity contribution in [2.75, 3.05) is 18.5 Å². The van der Waals surface area contributed by atoms with Gasteiger partial charge in [0.1, 0.15) is 0 Å². The van der Waals surface area contributed by atoms with Gasteiger partial charge in [0.15, 0.2) is 0 Å². The Kier molecular flexibility index (Phi) is 6.34. The predicted molar refractivity (Wildman–Crippen MR) is 88.9 cm³/mol. The Balaban J connectivity index is 2.94. The fourth-order valence-electron chi connectivity index (χ4n) is 2.17. The molecule has 1 aromatic rings. The Morgan fingerprint density at radius 3 is 2.32 bits per heavy atom. The third-order valence-electron chi connectivity index (χ3n) is 3.94. The molecule has 0 aromatic heterocycles. The highest BCUT2D eigenvalue weighted by molar-refractivity contribution is 9.10. The lowest BCUT2D eigenvalue weighted by atomic mass is 10.0. The lowest BCUT2D eigenvalue weighted by molar-refractivity contribution is 0.505. The fourth-order valence-corrected chi connectivity index (χ4v) is 2.85. The van der Waals surface area contributed by atoms with Gasteiger partial charge < -0.3 is 10.2 Å². The number of halogens is 1. The molecule has 2 unspecified atom stereocenters. The Morgan fingerprint density at radius 1 is 1.21 bits per heavy atom. The molecule has 0 fully saturated rings. The minimum Gasteiger partial charge on any atom is -0.371 e. The molecule has 1 N–H and O–H groups in total. The molecular weight excluding hydrogens is 300 g/mol. The standard InChI is InChI=1S/C16H27BrN2/c1-7-18-12(4)14-8-9-16(15(17)10-14)19(6)13(5)11(2)3/h8-13,18H,7H2,1-6H3. The van der Waals surface area contributed by atoms with Gasteiger partial charge in [0.25, 0.3) is 0 Å². The van der Waals surface area contributed by atoms with E-state index >= 15 is 0 Å². The van der Waals surface area contributed by atoms with Crippen molar-refractivity contribution in [3.63, 3.8) is 0 Å². The molecular formula is C16H27BrN2. The summed E-state index contributed by atoms with van der Waals surface area (Å²) in [4.78, 5) is 2.34. The molecule has 0 aliphatic heterocycles. The van der Waals surface area contributed by atoms with Crippen LogP contribution in [0.2, 0.25) is 0 Å². The summed E-state index contributed by atoms with van der Waals surface area (Å²) in [5.74, 6) is 0.636. The average Bonchev–Trinajstić information content (AvgIpc) is 2.37. The quantitative estimate of drug-likeness (QED) is 0.821. The van der Waals surface area contributed by atoms with Gasteiger partial charge >= 0.3 is 0 Å². The van der Waals surface area contributed by atoms with E-state index in [1.54, 1.807) is 0 Å². The van der Waals surface area contributed by atoms with Gasteiger partial charge in [0, 0.05) is 23.6 Å². The van der Waals surface area contributed by atoms with Gasteiger partial charge in [0.2, 0.25) is 0 Å². The van der Waals surface area contributed by atoms with Crippen LogP contribution in [-0.2, 0) is 0 Å². The van der Waals surface area contributed by atoms with Crippen LogP contribution in [0.15, 0.2) is 22.7 Å². The lowest BCUT2D eigenvalue weighted by Gasteiger charge is -2.31. The van der Waals surface area contributed by atoms with Crippen LogP contribution >= 0.6 is 15.9 Å². The smallest absolute Gasteiger partial charge is 0.0510 e. The molecule has 0 spiro atoms. The first-order valence-corrected chi connectivity index (χ1v) is 7.93. The van der Waals surface area contributed by atoms with Crippen molar-refractivity contribution in [2.24, 2.45) is 5.92 Å². The zero-order valence-corrected chi connectivity index (χ0v) is 14.6. The summed E-state index contributed by atoms with van der Waals surface area (Å²) in [7, 11) is 2.16. The molecule has 1 rings (SSSR count). The predicted octanol–water partition coefficient (Wildman–Crippen LogP) is 4.60. The van der Waals surface area contributed by atoms with Gasteiger partial charge in [0.05, 0.1) is 5.69 Å². The maximum absolute atomic E-state index is 3.72. The molecule has 0 saturated carbocycles. The van der Waals surface area contributed by atoms with Crippen LogP contribution in [0.25, 0.3) is 0 Å². The Morgan fingerprint density at radius 2 is 1.84 bits per heavy atom.